The minimum absolute atomic E-state index is 0. The highest BCUT2D eigenvalue weighted by Gasteiger charge is 2.22. The third kappa shape index (κ3) is 4.36. The molecule has 0 spiro atoms. The minimum Gasteiger partial charge on any atom is -0.456 e. The summed E-state index contributed by atoms with van der Waals surface area (Å²) in [4.78, 5) is 5.07. The highest BCUT2D eigenvalue weighted by molar-refractivity contribution is 7.16. The number of rotatable bonds is 5. The molecule has 0 radical (unpaired) electrons. The molecule has 3 aromatic rings. The van der Waals surface area contributed by atoms with Gasteiger partial charge in [-0.05, 0) is 50.2 Å². The number of benzene rings is 2. The lowest BCUT2D eigenvalue weighted by molar-refractivity contribution is 0.0878. The molecule has 0 amide bonds. The molecule has 5 heteroatoms. The number of nitrogens with zero attached hydrogens (tertiary/aromatic N) is 1. The topological polar surface area (TPSA) is 21.7 Å². The van der Waals surface area contributed by atoms with E-state index in [9.17, 15) is 0 Å². The number of thiophene rings is 1. The van der Waals surface area contributed by atoms with Gasteiger partial charge in [0.2, 0.25) is 0 Å². The zero-order valence-electron chi connectivity index (χ0n) is 16.4. The third-order valence-electron chi connectivity index (χ3n) is 5.56. The van der Waals surface area contributed by atoms with Crippen LogP contribution in [0.2, 0.25) is 0 Å². The first-order chi connectivity index (χ1) is 13.9. The Bertz CT molecular complexity index is 902. The molecule has 5 rings (SSSR count). The summed E-state index contributed by atoms with van der Waals surface area (Å²) >= 11 is 1.82. The van der Waals surface area contributed by atoms with Crippen LogP contribution in [-0.2, 0) is 11.3 Å². The molecule has 1 fully saturated rings. The number of piperidine rings is 1. The van der Waals surface area contributed by atoms with Gasteiger partial charge in [0.05, 0.1) is 13.2 Å². The van der Waals surface area contributed by atoms with E-state index in [1.807, 2.05) is 29.5 Å². The third-order valence-corrected chi connectivity index (χ3v) is 6.70. The van der Waals surface area contributed by atoms with Crippen LogP contribution in [0.1, 0.15) is 24.1 Å². The highest BCUT2D eigenvalue weighted by atomic mass is 35.5. The van der Waals surface area contributed by atoms with Crippen LogP contribution in [0.4, 0.5) is 0 Å². The molecule has 29 heavy (non-hydrogen) atoms. The molecule has 2 aromatic carbocycles. The fourth-order valence-electron chi connectivity index (χ4n) is 4.10. The van der Waals surface area contributed by atoms with Crippen LogP contribution in [0.3, 0.4) is 0 Å². The summed E-state index contributed by atoms with van der Waals surface area (Å²) in [5.41, 5.74) is 3.57. The molecular weight excluding hydrogens is 402 g/mol. The van der Waals surface area contributed by atoms with Crippen molar-refractivity contribution in [3.63, 3.8) is 0 Å². The normalized spacial score (nSPS) is 15.3. The van der Waals surface area contributed by atoms with Gasteiger partial charge in [-0.25, -0.2) is 0 Å². The predicted octanol–water partition coefficient (Wildman–Crippen LogP) is 6.61. The van der Waals surface area contributed by atoms with Crippen molar-refractivity contribution >= 4 is 23.7 Å². The Labute approximate surface area is 182 Å². The summed E-state index contributed by atoms with van der Waals surface area (Å²) in [6.45, 7) is 4.98. The van der Waals surface area contributed by atoms with Crippen molar-refractivity contribution in [3.05, 3.63) is 59.5 Å². The molecule has 1 aromatic heterocycles. The molecular formula is C24H26ClNO2S. The van der Waals surface area contributed by atoms with Gasteiger partial charge in [0.1, 0.15) is 11.5 Å². The standard InChI is InChI=1S/C24H25NO2S.ClH/c1-6-12-25(13-7-1)14-15-26-17-18-16-21-19-8-2-4-10-22(19)27-23-11-5-3-9-20(23)24(21)28-18;/h2-5,8-11,16H,1,6-7,12-15,17H2;1H. The van der Waals surface area contributed by atoms with Crippen LogP contribution in [-0.4, -0.2) is 31.1 Å². The number of halogens is 1. The maximum Gasteiger partial charge on any atom is 0.136 e. The van der Waals surface area contributed by atoms with Crippen LogP contribution < -0.4 is 4.74 Å². The van der Waals surface area contributed by atoms with Gasteiger partial charge in [-0.15, -0.1) is 23.7 Å². The Balaban J connectivity index is 0.00000205. The molecule has 3 nitrogen and oxygen atoms in total. The van der Waals surface area contributed by atoms with Gasteiger partial charge < -0.3 is 14.4 Å². The minimum atomic E-state index is 0. The maximum absolute atomic E-state index is 6.22. The molecule has 0 atom stereocenters. The van der Waals surface area contributed by atoms with Crippen LogP contribution in [0.5, 0.6) is 11.5 Å². The summed E-state index contributed by atoms with van der Waals surface area (Å²) < 4.78 is 12.3. The van der Waals surface area contributed by atoms with Crippen molar-refractivity contribution in [2.75, 3.05) is 26.2 Å². The summed E-state index contributed by atoms with van der Waals surface area (Å²) in [7, 11) is 0. The number of para-hydroxylation sites is 2. The van der Waals surface area contributed by atoms with Crippen molar-refractivity contribution in [3.8, 4) is 33.1 Å². The van der Waals surface area contributed by atoms with E-state index in [1.165, 1.54) is 53.2 Å². The first-order valence-corrected chi connectivity index (χ1v) is 11.0. The molecule has 2 aliphatic rings. The first-order valence-electron chi connectivity index (χ1n) is 10.2. The van der Waals surface area contributed by atoms with Crippen molar-refractivity contribution < 1.29 is 9.47 Å². The van der Waals surface area contributed by atoms with Crippen molar-refractivity contribution in [2.45, 2.75) is 25.9 Å². The molecule has 0 N–H and O–H groups in total. The summed E-state index contributed by atoms with van der Waals surface area (Å²) in [6, 6.07) is 18.9. The molecule has 0 bridgehead atoms. The lowest BCUT2D eigenvalue weighted by Crippen LogP contribution is -2.32. The van der Waals surface area contributed by atoms with E-state index in [0.717, 1.165) is 30.2 Å². The Hall–Kier alpha value is -1.85. The molecule has 3 heterocycles. The number of fused-ring (bicyclic) bond motifs is 5. The lowest BCUT2D eigenvalue weighted by Gasteiger charge is -2.26. The average molecular weight is 428 g/mol. The van der Waals surface area contributed by atoms with Crippen LogP contribution >= 0.6 is 23.7 Å². The summed E-state index contributed by atoms with van der Waals surface area (Å²) in [5, 5.41) is 0. The number of ether oxygens (including phenoxy) is 2. The molecule has 1 saturated heterocycles. The average Bonchev–Trinajstić information content (AvgIpc) is 3.11. The number of likely N-dealkylation sites (tertiary alicyclic amines) is 1. The zero-order valence-corrected chi connectivity index (χ0v) is 18.1. The van der Waals surface area contributed by atoms with E-state index in [2.05, 4.69) is 41.3 Å². The van der Waals surface area contributed by atoms with E-state index >= 15 is 0 Å². The monoisotopic (exact) mass is 427 g/mol. The van der Waals surface area contributed by atoms with Gasteiger partial charge in [-0.2, -0.15) is 0 Å². The van der Waals surface area contributed by atoms with E-state index in [4.69, 9.17) is 9.47 Å². The Morgan fingerprint density at radius 3 is 2.34 bits per heavy atom. The van der Waals surface area contributed by atoms with Crippen molar-refractivity contribution in [1.29, 1.82) is 0 Å². The van der Waals surface area contributed by atoms with E-state index in [0.29, 0.717) is 6.61 Å². The smallest absolute Gasteiger partial charge is 0.136 e. The van der Waals surface area contributed by atoms with Gasteiger partial charge >= 0.3 is 0 Å². The van der Waals surface area contributed by atoms with Gasteiger partial charge in [0.15, 0.2) is 0 Å². The lowest BCUT2D eigenvalue weighted by atomic mass is 10.0. The van der Waals surface area contributed by atoms with Gasteiger partial charge in [0, 0.05) is 33.0 Å². The number of hydrogen-bond acceptors (Lipinski definition) is 4. The van der Waals surface area contributed by atoms with Crippen LogP contribution in [0.15, 0.2) is 54.6 Å². The Morgan fingerprint density at radius 1 is 0.862 bits per heavy atom. The largest absolute Gasteiger partial charge is 0.456 e. The van der Waals surface area contributed by atoms with Crippen LogP contribution in [0, 0.1) is 0 Å². The van der Waals surface area contributed by atoms with Crippen molar-refractivity contribution in [2.24, 2.45) is 0 Å². The van der Waals surface area contributed by atoms with Crippen LogP contribution in [0.25, 0.3) is 21.6 Å². The quantitative estimate of drug-likeness (QED) is 0.334. The molecule has 0 unspecified atom stereocenters. The molecule has 2 aliphatic heterocycles. The summed E-state index contributed by atoms with van der Waals surface area (Å²) in [6.07, 6.45) is 4.04. The predicted molar refractivity (Wildman–Crippen MR) is 122 cm³/mol. The molecule has 0 aliphatic carbocycles. The fraction of sp³-hybridized carbons (Fsp3) is 0.333. The molecule has 0 saturated carbocycles. The van der Waals surface area contributed by atoms with Gasteiger partial charge in [0.25, 0.3) is 0 Å². The fourth-order valence-corrected chi connectivity index (χ4v) is 5.24. The second-order valence-electron chi connectivity index (χ2n) is 7.50. The zero-order chi connectivity index (χ0) is 18.8. The van der Waals surface area contributed by atoms with E-state index < -0.39 is 0 Å². The van der Waals surface area contributed by atoms with Crippen molar-refractivity contribution in [1.82, 2.24) is 4.90 Å². The Morgan fingerprint density at radius 2 is 1.55 bits per heavy atom. The number of hydrogen-bond donors (Lipinski definition) is 0. The summed E-state index contributed by atoms with van der Waals surface area (Å²) in [5.74, 6) is 1.84. The van der Waals surface area contributed by atoms with E-state index in [-0.39, 0.29) is 12.4 Å². The Kier molecular flexibility index (Phi) is 6.56. The second-order valence-corrected chi connectivity index (χ2v) is 8.64. The SMILES string of the molecule is Cl.c1ccc2c(c1)Oc1ccccc1-c1sc(COCCN3CCCCC3)cc1-2. The van der Waals surface area contributed by atoms with Gasteiger partial charge in [-0.3, -0.25) is 0 Å². The van der Waals surface area contributed by atoms with Gasteiger partial charge in [-0.1, -0.05) is 36.8 Å². The maximum atomic E-state index is 6.22. The van der Waals surface area contributed by atoms with E-state index in [1.54, 1.807) is 0 Å². The second kappa shape index (κ2) is 9.31. The first kappa shape index (κ1) is 20.4. The highest BCUT2D eigenvalue weighted by Crippen LogP contribution is 2.49. The molecule has 152 valence electrons.